The number of rotatable bonds is 6. The molecule has 2 aromatic carbocycles. The third-order valence-corrected chi connectivity index (χ3v) is 8.11. The molecule has 0 N–H and O–H groups in total. The summed E-state index contributed by atoms with van der Waals surface area (Å²) in [5.41, 5.74) is 0.101. The number of nitrogens with zero attached hydrogens (tertiary/aromatic N) is 1. The number of aromatic nitrogens is 1. The summed E-state index contributed by atoms with van der Waals surface area (Å²) in [7, 11) is -3.69. The van der Waals surface area contributed by atoms with Crippen LogP contribution in [0, 0.1) is 0 Å². The standard InChI is InChI=1S/C21H18NO3PS2/c1-27-21-22-20-18(14-8-9-15-19(20)28-21)26(23,24-16-10-4-2-5-11-16)25-17-12-6-3-7-13-17/h2-15,18H,1H3. The second-order valence-corrected chi connectivity index (χ2v) is 10.1. The van der Waals surface area contributed by atoms with E-state index in [-0.39, 0.29) is 0 Å². The number of thioether (sulfide) groups is 1. The molecule has 1 heterocycles. The highest BCUT2D eigenvalue weighted by Crippen LogP contribution is 2.62. The van der Waals surface area contributed by atoms with E-state index in [9.17, 15) is 4.57 Å². The van der Waals surface area contributed by atoms with Crippen LogP contribution in [0.4, 0.5) is 0 Å². The molecule has 1 aliphatic rings. The Kier molecular flexibility index (Phi) is 5.72. The van der Waals surface area contributed by atoms with Gasteiger partial charge in [-0.15, -0.1) is 11.3 Å². The molecule has 28 heavy (non-hydrogen) atoms. The van der Waals surface area contributed by atoms with Gasteiger partial charge in [0.2, 0.25) is 0 Å². The van der Waals surface area contributed by atoms with E-state index in [4.69, 9.17) is 14.0 Å². The lowest BCUT2D eigenvalue weighted by molar-refractivity contribution is 0.378. The Bertz CT molecular complexity index is 1000. The molecule has 0 amide bonds. The summed E-state index contributed by atoms with van der Waals surface area (Å²) in [5, 5.41) is 0. The first-order chi connectivity index (χ1) is 13.7. The van der Waals surface area contributed by atoms with Crippen LogP contribution < -0.4 is 9.05 Å². The van der Waals surface area contributed by atoms with Gasteiger partial charge in [0, 0.05) is 0 Å². The van der Waals surface area contributed by atoms with E-state index in [2.05, 4.69) is 0 Å². The fourth-order valence-corrected chi connectivity index (χ4v) is 6.33. The van der Waals surface area contributed by atoms with Gasteiger partial charge >= 0.3 is 7.60 Å². The van der Waals surface area contributed by atoms with Crippen LogP contribution in [0.2, 0.25) is 0 Å². The molecule has 0 bridgehead atoms. The molecule has 0 spiro atoms. The van der Waals surface area contributed by atoms with E-state index in [1.807, 2.05) is 67.0 Å². The Morgan fingerprint density at radius 2 is 1.57 bits per heavy atom. The quantitative estimate of drug-likeness (QED) is 0.318. The summed E-state index contributed by atoms with van der Waals surface area (Å²) in [6, 6.07) is 18.2. The van der Waals surface area contributed by atoms with Gasteiger partial charge in [-0.1, -0.05) is 66.4 Å². The Balaban J connectivity index is 1.79. The summed E-state index contributed by atoms with van der Waals surface area (Å²) in [6.45, 7) is 0. The third-order valence-electron chi connectivity index (χ3n) is 4.06. The summed E-state index contributed by atoms with van der Waals surface area (Å²) >= 11 is 3.14. The van der Waals surface area contributed by atoms with E-state index >= 15 is 0 Å². The van der Waals surface area contributed by atoms with Crippen molar-refractivity contribution in [2.24, 2.45) is 0 Å². The van der Waals surface area contributed by atoms with Crippen molar-refractivity contribution in [2.45, 2.75) is 10.00 Å². The van der Waals surface area contributed by atoms with Crippen molar-refractivity contribution < 1.29 is 13.6 Å². The average Bonchev–Trinajstić information content (AvgIpc) is 3.01. The van der Waals surface area contributed by atoms with Crippen molar-refractivity contribution >= 4 is 36.8 Å². The molecule has 1 aromatic heterocycles. The highest BCUT2D eigenvalue weighted by atomic mass is 32.2. The number of hydrogen-bond acceptors (Lipinski definition) is 6. The van der Waals surface area contributed by atoms with Crippen molar-refractivity contribution in [2.75, 3.05) is 6.26 Å². The van der Waals surface area contributed by atoms with Gasteiger partial charge in [-0.05, 0) is 36.6 Å². The largest absolute Gasteiger partial charge is 0.443 e. The molecule has 4 rings (SSSR count). The zero-order valence-corrected chi connectivity index (χ0v) is 17.6. The minimum Gasteiger partial charge on any atom is -0.415 e. The van der Waals surface area contributed by atoms with Crippen molar-refractivity contribution in [3.63, 3.8) is 0 Å². The summed E-state index contributed by atoms with van der Waals surface area (Å²) < 4.78 is 27.1. The molecule has 0 fully saturated rings. The summed E-state index contributed by atoms with van der Waals surface area (Å²) in [5.74, 6) is 0.989. The molecule has 0 aliphatic heterocycles. The lowest BCUT2D eigenvalue weighted by Crippen LogP contribution is -2.10. The van der Waals surface area contributed by atoms with Gasteiger partial charge in [-0.3, -0.25) is 0 Å². The lowest BCUT2D eigenvalue weighted by atomic mass is 10.3. The van der Waals surface area contributed by atoms with E-state index < -0.39 is 13.3 Å². The predicted molar refractivity (Wildman–Crippen MR) is 117 cm³/mol. The Morgan fingerprint density at radius 1 is 0.964 bits per heavy atom. The molecule has 0 radical (unpaired) electrons. The molecule has 142 valence electrons. The smallest absolute Gasteiger partial charge is 0.415 e. The Hall–Kier alpha value is -2.27. The van der Waals surface area contributed by atoms with E-state index in [0.29, 0.717) is 11.5 Å². The van der Waals surface area contributed by atoms with Crippen LogP contribution in [0.1, 0.15) is 16.2 Å². The molecule has 1 aliphatic carbocycles. The first kappa shape index (κ1) is 19.1. The fourth-order valence-electron chi connectivity index (χ4n) is 2.79. The molecule has 0 saturated heterocycles. The predicted octanol–water partition coefficient (Wildman–Crippen LogP) is 6.84. The number of para-hydroxylation sites is 2. The van der Waals surface area contributed by atoms with Crippen molar-refractivity contribution in [1.29, 1.82) is 0 Å². The van der Waals surface area contributed by atoms with Gasteiger partial charge in [0.1, 0.15) is 21.5 Å². The minimum atomic E-state index is -3.69. The van der Waals surface area contributed by atoms with Crippen LogP contribution in [0.5, 0.6) is 11.5 Å². The maximum absolute atomic E-state index is 14.2. The summed E-state index contributed by atoms with van der Waals surface area (Å²) in [6.07, 6.45) is 9.61. The van der Waals surface area contributed by atoms with Gasteiger partial charge < -0.3 is 9.05 Å². The van der Waals surface area contributed by atoms with Gasteiger partial charge in [0.25, 0.3) is 0 Å². The molecule has 7 heteroatoms. The molecule has 4 nitrogen and oxygen atoms in total. The van der Waals surface area contributed by atoms with E-state index in [1.165, 1.54) is 0 Å². The maximum Gasteiger partial charge on any atom is 0.443 e. The second-order valence-electron chi connectivity index (χ2n) is 5.97. The number of hydrogen-bond donors (Lipinski definition) is 0. The molecule has 3 aromatic rings. The fraction of sp³-hybridized carbons (Fsp3) is 0.0952. The van der Waals surface area contributed by atoms with Crippen LogP contribution in [0.3, 0.4) is 0 Å². The van der Waals surface area contributed by atoms with Gasteiger partial charge in [0.05, 0.1) is 10.6 Å². The Labute approximate surface area is 172 Å². The summed E-state index contributed by atoms with van der Waals surface area (Å²) in [4.78, 5) is 5.67. The SMILES string of the molecule is CSc1nc2c(s1)C=CC=CC2P(=O)(Oc1ccccc1)Oc1ccccc1. The number of fused-ring (bicyclic) bond motifs is 1. The normalized spacial score (nSPS) is 15.7. The number of benzene rings is 2. The number of thiazole rings is 1. The molecular weight excluding hydrogens is 409 g/mol. The molecule has 1 atom stereocenters. The van der Waals surface area contributed by atoms with Crippen LogP contribution in [-0.4, -0.2) is 11.2 Å². The highest BCUT2D eigenvalue weighted by molar-refractivity contribution is 8.00. The van der Waals surface area contributed by atoms with E-state index in [1.54, 1.807) is 47.4 Å². The molecule has 0 saturated carbocycles. The number of allylic oxidation sites excluding steroid dienone is 3. The Morgan fingerprint density at radius 3 is 2.14 bits per heavy atom. The van der Waals surface area contributed by atoms with Gasteiger partial charge in [-0.2, -0.15) is 0 Å². The zero-order chi connectivity index (χ0) is 19.4. The lowest BCUT2D eigenvalue weighted by Gasteiger charge is -2.25. The zero-order valence-electron chi connectivity index (χ0n) is 15.1. The molecule has 1 unspecified atom stereocenters. The minimum absolute atomic E-state index is 0.495. The van der Waals surface area contributed by atoms with E-state index in [0.717, 1.165) is 14.9 Å². The highest BCUT2D eigenvalue weighted by Gasteiger charge is 2.42. The second kappa shape index (κ2) is 8.39. The van der Waals surface area contributed by atoms with Crippen molar-refractivity contribution in [3.8, 4) is 11.5 Å². The topological polar surface area (TPSA) is 48.4 Å². The first-order valence-corrected chi connectivity index (χ1v) is 12.3. The van der Waals surface area contributed by atoms with Crippen LogP contribution in [0.15, 0.2) is 83.2 Å². The van der Waals surface area contributed by atoms with Crippen LogP contribution in [-0.2, 0) is 4.57 Å². The van der Waals surface area contributed by atoms with Gasteiger partial charge in [0.15, 0.2) is 0 Å². The maximum atomic E-state index is 14.2. The van der Waals surface area contributed by atoms with Crippen molar-refractivity contribution in [3.05, 3.63) is 89.5 Å². The van der Waals surface area contributed by atoms with Crippen molar-refractivity contribution in [1.82, 2.24) is 4.98 Å². The van der Waals surface area contributed by atoms with Gasteiger partial charge in [-0.25, -0.2) is 9.55 Å². The first-order valence-electron chi connectivity index (χ1n) is 8.66. The third kappa shape index (κ3) is 4.09. The molecular formula is C21H18NO3PS2. The van der Waals surface area contributed by atoms with Crippen LogP contribution >= 0.6 is 30.7 Å². The average molecular weight is 427 g/mol. The van der Waals surface area contributed by atoms with Crippen LogP contribution in [0.25, 0.3) is 6.08 Å². The monoisotopic (exact) mass is 427 g/mol.